The second kappa shape index (κ2) is 3.99. The summed E-state index contributed by atoms with van der Waals surface area (Å²) in [4.78, 5) is 0. The SMILES string of the molecule is OB(O)c1cc(O)cc(OC(F)(F)F)c1. The first-order valence-electron chi connectivity index (χ1n) is 3.74. The molecule has 0 saturated carbocycles. The largest absolute Gasteiger partial charge is 0.573 e. The van der Waals surface area contributed by atoms with Gasteiger partial charge < -0.3 is 19.9 Å². The minimum Gasteiger partial charge on any atom is -0.508 e. The Morgan fingerprint density at radius 2 is 1.73 bits per heavy atom. The molecule has 4 nitrogen and oxygen atoms in total. The summed E-state index contributed by atoms with van der Waals surface area (Å²) in [5.41, 5.74) is -0.297. The predicted molar refractivity (Wildman–Crippen MR) is 44.6 cm³/mol. The Morgan fingerprint density at radius 1 is 1.13 bits per heavy atom. The van der Waals surface area contributed by atoms with Crippen molar-refractivity contribution in [3.63, 3.8) is 0 Å². The molecule has 0 aliphatic carbocycles. The van der Waals surface area contributed by atoms with Crippen LogP contribution in [-0.4, -0.2) is 28.6 Å². The monoisotopic (exact) mass is 222 g/mol. The summed E-state index contributed by atoms with van der Waals surface area (Å²) < 4.78 is 38.8. The van der Waals surface area contributed by atoms with Crippen LogP contribution in [-0.2, 0) is 0 Å². The van der Waals surface area contributed by atoms with Gasteiger partial charge in [0.2, 0.25) is 0 Å². The Balaban J connectivity index is 2.99. The van der Waals surface area contributed by atoms with Gasteiger partial charge in [-0.2, -0.15) is 0 Å². The summed E-state index contributed by atoms with van der Waals surface area (Å²) in [6.45, 7) is 0. The van der Waals surface area contributed by atoms with Gasteiger partial charge in [0, 0.05) is 6.07 Å². The van der Waals surface area contributed by atoms with Gasteiger partial charge in [0.1, 0.15) is 11.5 Å². The second-order valence-corrected chi connectivity index (χ2v) is 2.68. The van der Waals surface area contributed by atoms with Gasteiger partial charge in [-0.15, -0.1) is 13.2 Å². The van der Waals surface area contributed by atoms with Crippen molar-refractivity contribution < 1.29 is 33.1 Å². The molecule has 0 aliphatic rings. The lowest BCUT2D eigenvalue weighted by Crippen LogP contribution is -2.30. The molecule has 0 spiro atoms. The summed E-state index contributed by atoms with van der Waals surface area (Å²) in [6.07, 6.45) is -4.90. The molecule has 0 heterocycles. The Bertz CT molecular complexity index is 353. The topological polar surface area (TPSA) is 69.9 Å². The van der Waals surface area contributed by atoms with E-state index in [0.717, 1.165) is 12.1 Å². The van der Waals surface area contributed by atoms with Crippen LogP contribution in [0.1, 0.15) is 0 Å². The van der Waals surface area contributed by atoms with Crippen LogP contribution in [0.4, 0.5) is 13.2 Å². The molecule has 8 heteroatoms. The van der Waals surface area contributed by atoms with E-state index in [2.05, 4.69) is 4.74 Å². The highest BCUT2D eigenvalue weighted by atomic mass is 19.4. The molecule has 82 valence electrons. The summed E-state index contributed by atoms with van der Waals surface area (Å²) in [6, 6.07) is 2.38. The zero-order valence-corrected chi connectivity index (χ0v) is 7.19. The quantitative estimate of drug-likeness (QED) is 0.614. The first-order valence-corrected chi connectivity index (χ1v) is 3.74. The molecule has 0 saturated heterocycles. The van der Waals surface area contributed by atoms with Crippen LogP contribution in [0.5, 0.6) is 11.5 Å². The normalized spacial score (nSPS) is 11.3. The highest BCUT2D eigenvalue weighted by Gasteiger charge is 2.31. The number of aromatic hydroxyl groups is 1. The van der Waals surface area contributed by atoms with Gasteiger partial charge in [0.15, 0.2) is 0 Å². The first-order chi connectivity index (χ1) is 6.78. The molecule has 3 N–H and O–H groups in total. The highest BCUT2D eigenvalue weighted by molar-refractivity contribution is 6.58. The molecular formula is C7H6BF3O4. The van der Waals surface area contributed by atoms with E-state index in [9.17, 15) is 13.2 Å². The van der Waals surface area contributed by atoms with Crippen LogP contribution in [0.3, 0.4) is 0 Å². The third-order valence-corrected chi connectivity index (χ3v) is 1.45. The maximum absolute atomic E-state index is 11.8. The van der Waals surface area contributed by atoms with Crippen molar-refractivity contribution in [1.29, 1.82) is 0 Å². The van der Waals surface area contributed by atoms with Crippen molar-refractivity contribution in [2.45, 2.75) is 6.36 Å². The fraction of sp³-hybridized carbons (Fsp3) is 0.143. The summed E-state index contributed by atoms with van der Waals surface area (Å²) in [7, 11) is -1.98. The Kier molecular flexibility index (Phi) is 3.11. The molecule has 0 unspecified atom stereocenters. The third kappa shape index (κ3) is 3.68. The van der Waals surface area contributed by atoms with Gasteiger partial charge in [0.25, 0.3) is 0 Å². The van der Waals surface area contributed by atoms with E-state index < -0.39 is 25.0 Å². The lowest BCUT2D eigenvalue weighted by molar-refractivity contribution is -0.274. The van der Waals surface area contributed by atoms with Crippen molar-refractivity contribution in [2.24, 2.45) is 0 Å². The molecule has 1 aromatic carbocycles. The van der Waals surface area contributed by atoms with E-state index in [1.807, 2.05) is 0 Å². The Labute approximate surface area is 82.7 Å². The number of rotatable bonds is 2. The van der Waals surface area contributed by atoms with Gasteiger partial charge in [-0.05, 0) is 17.6 Å². The van der Waals surface area contributed by atoms with E-state index in [1.165, 1.54) is 0 Å². The van der Waals surface area contributed by atoms with Crippen molar-refractivity contribution in [3.05, 3.63) is 18.2 Å². The zero-order chi connectivity index (χ0) is 11.6. The van der Waals surface area contributed by atoms with Crippen LogP contribution in [0.2, 0.25) is 0 Å². The number of hydrogen-bond acceptors (Lipinski definition) is 4. The molecule has 0 radical (unpaired) electrons. The summed E-state index contributed by atoms with van der Waals surface area (Å²) >= 11 is 0. The van der Waals surface area contributed by atoms with E-state index in [-0.39, 0.29) is 5.46 Å². The van der Waals surface area contributed by atoms with Crippen molar-refractivity contribution in [3.8, 4) is 11.5 Å². The van der Waals surface area contributed by atoms with Gasteiger partial charge in [-0.25, -0.2) is 0 Å². The molecule has 0 amide bonds. The molecule has 1 rings (SSSR count). The molecule has 0 bridgehead atoms. The van der Waals surface area contributed by atoms with Gasteiger partial charge in [-0.1, -0.05) is 0 Å². The van der Waals surface area contributed by atoms with Crippen LogP contribution in [0, 0.1) is 0 Å². The summed E-state index contributed by atoms with van der Waals surface area (Å²) in [5, 5.41) is 26.3. The standard InChI is InChI=1S/C7H6BF3O4/c9-7(10,11)15-6-2-4(8(13)14)1-5(12)3-6/h1-3,12-14H. The summed E-state index contributed by atoms with van der Waals surface area (Å²) in [5.74, 6) is -1.27. The van der Waals surface area contributed by atoms with Crippen molar-refractivity contribution in [1.82, 2.24) is 0 Å². The number of hydrogen-bond donors (Lipinski definition) is 3. The van der Waals surface area contributed by atoms with Gasteiger partial charge in [-0.3, -0.25) is 0 Å². The Morgan fingerprint density at radius 3 is 2.20 bits per heavy atom. The van der Waals surface area contributed by atoms with Crippen LogP contribution < -0.4 is 10.2 Å². The first kappa shape index (κ1) is 11.7. The maximum Gasteiger partial charge on any atom is 0.573 e. The molecule has 0 fully saturated rings. The third-order valence-electron chi connectivity index (χ3n) is 1.45. The fourth-order valence-electron chi connectivity index (χ4n) is 0.947. The van der Waals surface area contributed by atoms with E-state index in [0.29, 0.717) is 6.07 Å². The van der Waals surface area contributed by atoms with E-state index in [4.69, 9.17) is 15.2 Å². The van der Waals surface area contributed by atoms with E-state index in [1.54, 1.807) is 0 Å². The maximum atomic E-state index is 11.8. The van der Waals surface area contributed by atoms with Crippen LogP contribution in [0.25, 0.3) is 0 Å². The number of alkyl halides is 3. The van der Waals surface area contributed by atoms with Gasteiger partial charge in [0.05, 0.1) is 0 Å². The molecule has 0 atom stereocenters. The fourth-order valence-corrected chi connectivity index (χ4v) is 0.947. The molecule has 15 heavy (non-hydrogen) atoms. The second-order valence-electron chi connectivity index (χ2n) is 2.68. The van der Waals surface area contributed by atoms with Gasteiger partial charge >= 0.3 is 13.5 Å². The zero-order valence-electron chi connectivity index (χ0n) is 7.19. The average molecular weight is 222 g/mol. The average Bonchev–Trinajstić information content (AvgIpc) is 1.99. The molecule has 1 aromatic rings. The van der Waals surface area contributed by atoms with Crippen molar-refractivity contribution in [2.75, 3.05) is 0 Å². The number of halogens is 3. The Hall–Kier alpha value is -1.41. The lowest BCUT2D eigenvalue weighted by Gasteiger charge is -2.10. The predicted octanol–water partition coefficient (Wildman–Crippen LogP) is -0.0294. The smallest absolute Gasteiger partial charge is 0.508 e. The lowest BCUT2D eigenvalue weighted by atomic mass is 9.80. The van der Waals surface area contributed by atoms with Crippen molar-refractivity contribution >= 4 is 12.6 Å². The van der Waals surface area contributed by atoms with Crippen LogP contribution in [0.15, 0.2) is 18.2 Å². The number of benzene rings is 1. The highest BCUT2D eigenvalue weighted by Crippen LogP contribution is 2.24. The molecule has 0 aromatic heterocycles. The molecule has 0 aliphatic heterocycles. The van der Waals surface area contributed by atoms with E-state index >= 15 is 0 Å². The number of phenolic OH excluding ortho intramolecular Hbond substituents is 1. The minimum absolute atomic E-state index is 0.297. The number of phenols is 1. The number of ether oxygens (including phenoxy) is 1. The molecular weight excluding hydrogens is 216 g/mol. The minimum atomic E-state index is -4.90. The van der Waals surface area contributed by atoms with Crippen LogP contribution >= 0.6 is 0 Å².